The molecule has 2 heterocycles. The lowest BCUT2D eigenvalue weighted by Crippen LogP contribution is -2.44. The van der Waals surface area contributed by atoms with Gasteiger partial charge in [0.15, 0.2) is 0 Å². The van der Waals surface area contributed by atoms with Gasteiger partial charge in [-0.3, -0.25) is 4.90 Å². The van der Waals surface area contributed by atoms with Crippen LogP contribution in [-0.2, 0) is 6.42 Å². The molecule has 0 saturated carbocycles. The number of hydrogen-bond donors (Lipinski definition) is 1. The molecule has 1 aromatic rings. The fourth-order valence-corrected chi connectivity index (χ4v) is 3.20. The lowest BCUT2D eigenvalue weighted by Gasteiger charge is -2.33. The van der Waals surface area contributed by atoms with Crippen molar-refractivity contribution in [2.75, 3.05) is 31.6 Å². The molecule has 3 nitrogen and oxygen atoms in total. The van der Waals surface area contributed by atoms with Gasteiger partial charge in [-0.2, -0.15) is 0 Å². The number of likely N-dealkylation sites (tertiary alicyclic amines) is 1. The van der Waals surface area contributed by atoms with Crippen LogP contribution >= 0.6 is 0 Å². The fraction of sp³-hybridized carbons (Fsp3) is 0.571. The molecule has 0 spiro atoms. The van der Waals surface area contributed by atoms with E-state index in [-0.39, 0.29) is 0 Å². The number of fused-ring (bicyclic) bond motifs is 2. The normalized spacial score (nSPS) is 28.0. The lowest BCUT2D eigenvalue weighted by atomic mass is 10.1. The number of hydrogen-bond acceptors (Lipinski definition) is 3. The molecule has 2 unspecified atom stereocenters. The van der Waals surface area contributed by atoms with Crippen molar-refractivity contribution in [3.8, 4) is 0 Å². The van der Waals surface area contributed by atoms with E-state index in [4.69, 9.17) is 5.73 Å². The molecule has 17 heavy (non-hydrogen) atoms. The van der Waals surface area contributed by atoms with Crippen LogP contribution in [0.5, 0.6) is 0 Å². The Kier molecular flexibility index (Phi) is 2.81. The topological polar surface area (TPSA) is 32.5 Å². The standard InChI is InChI=1S/C14H21N3/c1-16-9-14-8-13(16)10-17(14)12-4-2-11(3-5-12)6-7-15/h2-5,13-14H,6-10,15H2,1H3. The van der Waals surface area contributed by atoms with E-state index in [1.807, 2.05) is 0 Å². The van der Waals surface area contributed by atoms with E-state index in [0.717, 1.165) is 25.0 Å². The summed E-state index contributed by atoms with van der Waals surface area (Å²) in [4.78, 5) is 5.06. The van der Waals surface area contributed by atoms with E-state index in [9.17, 15) is 0 Å². The Hall–Kier alpha value is -1.06. The van der Waals surface area contributed by atoms with Gasteiger partial charge in [0.1, 0.15) is 0 Å². The Morgan fingerprint density at radius 3 is 2.47 bits per heavy atom. The predicted molar refractivity (Wildman–Crippen MR) is 71.4 cm³/mol. The summed E-state index contributed by atoms with van der Waals surface area (Å²) in [5.41, 5.74) is 8.30. The number of nitrogens with zero attached hydrogens (tertiary/aromatic N) is 2. The third-order valence-electron chi connectivity index (χ3n) is 4.22. The molecule has 0 aliphatic carbocycles. The summed E-state index contributed by atoms with van der Waals surface area (Å²) in [6.07, 6.45) is 2.32. The number of likely N-dealkylation sites (N-methyl/N-ethyl adjacent to an activating group) is 1. The van der Waals surface area contributed by atoms with Crippen LogP contribution in [0.1, 0.15) is 12.0 Å². The zero-order chi connectivity index (χ0) is 11.8. The molecule has 2 saturated heterocycles. The first-order valence-corrected chi connectivity index (χ1v) is 6.54. The predicted octanol–water partition coefficient (Wildman–Crippen LogP) is 1.08. The van der Waals surface area contributed by atoms with Crippen molar-refractivity contribution in [3.63, 3.8) is 0 Å². The van der Waals surface area contributed by atoms with Gasteiger partial charge in [-0.05, 0) is 44.1 Å². The SMILES string of the molecule is CN1CC2CC1CN2c1ccc(CCN)cc1. The van der Waals surface area contributed by atoms with Gasteiger partial charge in [-0.25, -0.2) is 0 Å². The number of anilines is 1. The van der Waals surface area contributed by atoms with Crippen LogP contribution in [0.4, 0.5) is 5.69 Å². The molecular weight excluding hydrogens is 210 g/mol. The second kappa shape index (κ2) is 4.31. The van der Waals surface area contributed by atoms with Crippen molar-refractivity contribution < 1.29 is 0 Å². The minimum Gasteiger partial charge on any atom is -0.366 e. The van der Waals surface area contributed by atoms with E-state index >= 15 is 0 Å². The van der Waals surface area contributed by atoms with E-state index in [1.54, 1.807) is 0 Å². The van der Waals surface area contributed by atoms with Crippen molar-refractivity contribution in [2.24, 2.45) is 5.73 Å². The Labute approximate surface area is 103 Å². The molecule has 3 rings (SSSR count). The van der Waals surface area contributed by atoms with Crippen LogP contribution in [0.3, 0.4) is 0 Å². The van der Waals surface area contributed by atoms with E-state index in [2.05, 4.69) is 41.1 Å². The molecule has 3 heteroatoms. The van der Waals surface area contributed by atoms with Crippen molar-refractivity contribution in [1.82, 2.24) is 4.90 Å². The summed E-state index contributed by atoms with van der Waals surface area (Å²) >= 11 is 0. The molecule has 92 valence electrons. The van der Waals surface area contributed by atoms with Gasteiger partial charge >= 0.3 is 0 Å². The molecular formula is C14H21N3. The number of piperazine rings is 1. The van der Waals surface area contributed by atoms with Crippen molar-refractivity contribution >= 4 is 5.69 Å². The first-order chi connectivity index (χ1) is 8.28. The minimum absolute atomic E-state index is 0.727. The Balaban J connectivity index is 1.73. The third kappa shape index (κ3) is 1.94. The van der Waals surface area contributed by atoms with Crippen LogP contribution in [-0.4, -0.2) is 43.7 Å². The van der Waals surface area contributed by atoms with E-state index in [1.165, 1.54) is 30.8 Å². The molecule has 0 amide bonds. The second-order valence-electron chi connectivity index (χ2n) is 5.34. The number of benzene rings is 1. The van der Waals surface area contributed by atoms with Crippen LogP contribution in [0.25, 0.3) is 0 Å². The summed E-state index contributed by atoms with van der Waals surface area (Å²) in [6.45, 7) is 3.14. The molecule has 0 radical (unpaired) electrons. The average Bonchev–Trinajstić information content (AvgIpc) is 2.89. The van der Waals surface area contributed by atoms with Gasteiger partial charge in [-0.15, -0.1) is 0 Å². The maximum atomic E-state index is 5.57. The zero-order valence-electron chi connectivity index (χ0n) is 10.5. The molecule has 2 aliphatic heterocycles. The van der Waals surface area contributed by atoms with Crippen LogP contribution in [0.2, 0.25) is 0 Å². The highest BCUT2D eigenvalue weighted by Crippen LogP contribution is 2.33. The highest BCUT2D eigenvalue weighted by molar-refractivity contribution is 5.51. The summed E-state index contributed by atoms with van der Waals surface area (Å²) < 4.78 is 0. The third-order valence-corrected chi connectivity index (χ3v) is 4.22. The summed E-state index contributed by atoms with van der Waals surface area (Å²) in [5, 5.41) is 0. The molecule has 2 N–H and O–H groups in total. The van der Waals surface area contributed by atoms with Crippen LogP contribution in [0.15, 0.2) is 24.3 Å². The summed E-state index contributed by atoms with van der Waals surface area (Å²) in [5.74, 6) is 0. The average molecular weight is 231 g/mol. The highest BCUT2D eigenvalue weighted by Gasteiger charge is 2.41. The second-order valence-corrected chi connectivity index (χ2v) is 5.34. The molecule has 2 aliphatic rings. The van der Waals surface area contributed by atoms with Gasteiger partial charge in [0.25, 0.3) is 0 Å². The summed E-state index contributed by atoms with van der Waals surface area (Å²) in [7, 11) is 2.24. The smallest absolute Gasteiger partial charge is 0.0433 e. The van der Waals surface area contributed by atoms with Crippen molar-refractivity contribution in [2.45, 2.75) is 24.9 Å². The number of nitrogens with two attached hydrogens (primary N) is 1. The van der Waals surface area contributed by atoms with Gasteiger partial charge in [0.2, 0.25) is 0 Å². The monoisotopic (exact) mass is 231 g/mol. The largest absolute Gasteiger partial charge is 0.366 e. The Morgan fingerprint density at radius 1 is 1.18 bits per heavy atom. The highest BCUT2D eigenvalue weighted by atomic mass is 15.3. The lowest BCUT2D eigenvalue weighted by molar-refractivity contribution is 0.292. The Morgan fingerprint density at radius 2 is 1.94 bits per heavy atom. The van der Waals surface area contributed by atoms with Gasteiger partial charge < -0.3 is 10.6 Å². The molecule has 0 aromatic heterocycles. The van der Waals surface area contributed by atoms with Gasteiger partial charge in [0.05, 0.1) is 0 Å². The van der Waals surface area contributed by atoms with E-state index < -0.39 is 0 Å². The molecule has 2 fully saturated rings. The Bertz CT molecular complexity index is 385. The minimum atomic E-state index is 0.727. The number of rotatable bonds is 3. The fourth-order valence-electron chi connectivity index (χ4n) is 3.20. The summed E-state index contributed by atoms with van der Waals surface area (Å²) in [6, 6.07) is 10.4. The van der Waals surface area contributed by atoms with Crippen LogP contribution in [0, 0.1) is 0 Å². The van der Waals surface area contributed by atoms with E-state index in [0.29, 0.717) is 0 Å². The van der Waals surface area contributed by atoms with Gasteiger partial charge in [0, 0.05) is 30.9 Å². The van der Waals surface area contributed by atoms with Gasteiger partial charge in [-0.1, -0.05) is 12.1 Å². The molecule has 2 bridgehead atoms. The molecule has 2 atom stereocenters. The van der Waals surface area contributed by atoms with Crippen LogP contribution < -0.4 is 10.6 Å². The molecule has 1 aromatic carbocycles. The quantitative estimate of drug-likeness (QED) is 0.845. The first kappa shape index (κ1) is 11.1. The van der Waals surface area contributed by atoms with Crippen molar-refractivity contribution in [3.05, 3.63) is 29.8 Å². The first-order valence-electron chi connectivity index (χ1n) is 6.54. The zero-order valence-corrected chi connectivity index (χ0v) is 10.5. The maximum Gasteiger partial charge on any atom is 0.0433 e. The van der Waals surface area contributed by atoms with Crippen molar-refractivity contribution in [1.29, 1.82) is 0 Å². The maximum absolute atomic E-state index is 5.57.